The van der Waals surface area contributed by atoms with E-state index in [0.29, 0.717) is 13.1 Å². The minimum atomic E-state index is -3.28. The zero-order valence-corrected chi connectivity index (χ0v) is 12.7. The normalized spacial score (nSPS) is 18.1. The predicted molar refractivity (Wildman–Crippen MR) is 74.7 cm³/mol. The molecule has 0 aromatic carbocycles. The third kappa shape index (κ3) is 3.91. The molecule has 0 aromatic rings. The molecule has 108 valence electrons. The molecule has 0 radical (unpaired) electrons. The Morgan fingerprint density at radius 2 is 1.89 bits per heavy atom. The first-order valence-corrected chi connectivity index (χ1v) is 8.31. The Bertz CT molecular complexity index is 326. The molecule has 5 nitrogen and oxygen atoms in total. The van der Waals surface area contributed by atoms with Crippen molar-refractivity contribution >= 4 is 10.2 Å². The van der Waals surface area contributed by atoms with Crippen molar-refractivity contribution < 1.29 is 8.42 Å². The predicted octanol–water partition coefficient (Wildman–Crippen LogP) is 1.04. The van der Waals surface area contributed by atoms with E-state index in [2.05, 4.69) is 5.32 Å². The van der Waals surface area contributed by atoms with Gasteiger partial charge in [0, 0.05) is 26.2 Å². The third-order valence-electron chi connectivity index (χ3n) is 3.63. The van der Waals surface area contributed by atoms with Gasteiger partial charge in [0.2, 0.25) is 0 Å². The zero-order valence-electron chi connectivity index (χ0n) is 11.9. The van der Waals surface area contributed by atoms with Gasteiger partial charge in [-0.25, -0.2) is 0 Å². The summed E-state index contributed by atoms with van der Waals surface area (Å²) in [5.41, 5.74) is 0. The zero-order chi connectivity index (χ0) is 13.6. The maximum atomic E-state index is 12.5. The van der Waals surface area contributed by atoms with Crippen LogP contribution in [0.5, 0.6) is 0 Å². The van der Waals surface area contributed by atoms with Crippen LogP contribution in [0.15, 0.2) is 0 Å². The van der Waals surface area contributed by atoms with Crippen LogP contribution < -0.4 is 5.32 Å². The van der Waals surface area contributed by atoms with Crippen molar-refractivity contribution in [1.29, 1.82) is 0 Å². The van der Waals surface area contributed by atoms with Gasteiger partial charge in [-0.15, -0.1) is 0 Å². The topological polar surface area (TPSA) is 52.7 Å². The monoisotopic (exact) mass is 277 g/mol. The van der Waals surface area contributed by atoms with E-state index in [4.69, 9.17) is 0 Å². The molecular weight excluding hydrogens is 250 g/mol. The van der Waals surface area contributed by atoms with Crippen LogP contribution in [0.4, 0.5) is 0 Å². The van der Waals surface area contributed by atoms with E-state index in [1.807, 2.05) is 14.0 Å². The van der Waals surface area contributed by atoms with Gasteiger partial charge in [0.1, 0.15) is 0 Å². The Balaban J connectivity index is 2.63. The fraction of sp³-hybridized carbons (Fsp3) is 1.00. The van der Waals surface area contributed by atoms with Crippen LogP contribution in [-0.2, 0) is 10.2 Å². The summed E-state index contributed by atoms with van der Waals surface area (Å²) in [6.07, 6.45) is 5.17. The SMILES string of the molecule is CCN(C1CCCC1)S(=O)(=O)N(C)CCCNC. The van der Waals surface area contributed by atoms with Gasteiger partial charge in [0.25, 0.3) is 10.2 Å². The maximum Gasteiger partial charge on any atom is 0.281 e. The fourth-order valence-corrected chi connectivity index (χ4v) is 4.21. The first-order chi connectivity index (χ1) is 8.54. The second-order valence-electron chi connectivity index (χ2n) is 4.93. The minimum Gasteiger partial charge on any atom is -0.320 e. The second kappa shape index (κ2) is 7.43. The molecule has 0 aromatic heterocycles. The molecular formula is C12H27N3O2S. The first-order valence-electron chi connectivity index (χ1n) is 6.91. The van der Waals surface area contributed by atoms with E-state index in [0.717, 1.165) is 38.6 Å². The highest BCUT2D eigenvalue weighted by Crippen LogP contribution is 2.26. The highest BCUT2D eigenvalue weighted by Gasteiger charge is 2.33. The average molecular weight is 277 g/mol. The molecule has 1 rings (SSSR count). The molecule has 0 bridgehead atoms. The van der Waals surface area contributed by atoms with Gasteiger partial charge in [-0.2, -0.15) is 17.0 Å². The smallest absolute Gasteiger partial charge is 0.281 e. The fourth-order valence-electron chi connectivity index (χ4n) is 2.57. The van der Waals surface area contributed by atoms with Crippen molar-refractivity contribution in [3.8, 4) is 0 Å². The first kappa shape index (κ1) is 15.9. The van der Waals surface area contributed by atoms with Crippen LogP contribution in [0, 0.1) is 0 Å². The maximum absolute atomic E-state index is 12.5. The lowest BCUT2D eigenvalue weighted by Crippen LogP contribution is -2.46. The van der Waals surface area contributed by atoms with Gasteiger partial charge >= 0.3 is 0 Å². The molecule has 1 aliphatic carbocycles. The molecule has 0 saturated heterocycles. The lowest BCUT2D eigenvalue weighted by atomic mass is 10.2. The van der Waals surface area contributed by atoms with Crippen molar-refractivity contribution in [2.24, 2.45) is 0 Å². The van der Waals surface area contributed by atoms with Gasteiger partial charge in [0.15, 0.2) is 0 Å². The van der Waals surface area contributed by atoms with Crippen LogP contribution in [0.25, 0.3) is 0 Å². The van der Waals surface area contributed by atoms with Crippen molar-refractivity contribution in [1.82, 2.24) is 13.9 Å². The van der Waals surface area contributed by atoms with Gasteiger partial charge in [-0.3, -0.25) is 0 Å². The summed E-state index contributed by atoms with van der Waals surface area (Å²) in [7, 11) is 0.287. The Labute approximate surface area is 112 Å². The Hall–Kier alpha value is -0.170. The molecule has 6 heteroatoms. The molecule has 0 spiro atoms. The third-order valence-corrected chi connectivity index (χ3v) is 5.75. The second-order valence-corrected chi connectivity index (χ2v) is 6.92. The number of nitrogens with one attached hydrogen (secondary N) is 1. The van der Waals surface area contributed by atoms with Crippen LogP contribution in [0.3, 0.4) is 0 Å². The van der Waals surface area contributed by atoms with E-state index in [9.17, 15) is 8.42 Å². The number of rotatable bonds is 8. The van der Waals surface area contributed by atoms with E-state index in [1.165, 1.54) is 4.31 Å². The van der Waals surface area contributed by atoms with E-state index < -0.39 is 10.2 Å². The van der Waals surface area contributed by atoms with E-state index in [-0.39, 0.29) is 6.04 Å². The largest absolute Gasteiger partial charge is 0.320 e. The van der Waals surface area contributed by atoms with Gasteiger partial charge in [-0.1, -0.05) is 19.8 Å². The molecule has 0 aliphatic heterocycles. The van der Waals surface area contributed by atoms with Gasteiger partial charge in [0.05, 0.1) is 0 Å². The summed E-state index contributed by atoms with van der Waals surface area (Å²) < 4.78 is 28.1. The molecule has 1 fully saturated rings. The van der Waals surface area contributed by atoms with Crippen LogP contribution >= 0.6 is 0 Å². The standard InChI is InChI=1S/C12H27N3O2S/c1-4-15(12-8-5-6-9-12)18(16,17)14(3)11-7-10-13-2/h12-13H,4-11H2,1-3H3. The number of hydrogen-bond donors (Lipinski definition) is 1. The van der Waals surface area contributed by atoms with Crippen LogP contribution in [-0.4, -0.2) is 56.8 Å². The lowest BCUT2D eigenvalue weighted by Gasteiger charge is -2.31. The summed E-state index contributed by atoms with van der Waals surface area (Å²) in [6.45, 7) is 3.92. The highest BCUT2D eigenvalue weighted by atomic mass is 32.2. The lowest BCUT2D eigenvalue weighted by molar-refractivity contribution is 0.303. The Morgan fingerprint density at radius 3 is 2.39 bits per heavy atom. The number of nitrogens with zero attached hydrogens (tertiary/aromatic N) is 2. The average Bonchev–Trinajstić information content (AvgIpc) is 2.83. The molecule has 0 unspecified atom stereocenters. The summed E-state index contributed by atoms with van der Waals surface area (Å²) in [6, 6.07) is 0.215. The molecule has 1 saturated carbocycles. The summed E-state index contributed by atoms with van der Waals surface area (Å²) in [5.74, 6) is 0. The van der Waals surface area contributed by atoms with Crippen molar-refractivity contribution in [2.75, 3.05) is 33.7 Å². The highest BCUT2D eigenvalue weighted by molar-refractivity contribution is 7.86. The molecule has 0 heterocycles. The van der Waals surface area contributed by atoms with E-state index in [1.54, 1.807) is 11.4 Å². The summed E-state index contributed by atoms with van der Waals surface area (Å²) >= 11 is 0. The van der Waals surface area contributed by atoms with Crippen LogP contribution in [0.1, 0.15) is 39.0 Å². The summed E-state index contributed by atoms with van der Waals surface area (Å²) in [4.78, 5) is 0. The molecule has 1 aliphatic rings. The Kier molecular flexibility index (Phi) is 6.55. The summed E-state index contributed by atoms with van der Waals surface area (Å²) in [5, 5.41) is 3.04. The number of hydrogen-bond acceptors (Lipinski definition) is 3. The van der Waals surface area contributed by atoms with E-state index >= 15 is 0 Å². The van der Waals surface area contributed by atoms with Crippen molar-refractivity contribution in [2.45, 2.75) is 45.1 Å². The molecule has 0 amide bonds. The van der Waals surface area contributed by atoms with Crippen molar-refractivity contribution in [3.05, 3.63) is 0 Å². The van der Waals surface area contributed by atoms with Gasteiger partial charge in [-0.05, 0) is 32.9 Å². The quantitative estimate of drug-likeness (QED) is 0.674. The molecule has 0 atom stereocenters. The Morgan fingerprint density at radius 1 is 1.28 bits per heavy atom. The van der Waals surface area contributed by atoms with Crippen LogP contribution in [0.2, 0.25) is 0 Å². The van der Waals surface area contributed by atoms with Gasteiger partial charge < -0.3 is 5.32 Å². The van der Waals surface area contributed by atoms with Crippen molar-refractivity contribution in [3.63, 3.8) is 0 Å². The molecule has 1 N–H and O–H groups in total. The molecule has 18 heavy (non-hydrogen) atoms. The minimum absolute atomic E-state index is 0.215.